The van der Waals surface area contributed by atoms with Crippen molar-refractivity contribution in [2.75, 3.05) is 0 Å². The molecule has 5 aliphatic carbocycles. The van der Waals surface area contributed by atoms with Crippen LogP contribution in [0, 0.1) is 17.3 Å². The minimum Gasteiger partial charge on any atom is -0.257 e. The first-order valence-corrected chi connectivity index (χ1v) is 13.3. The highest BCUT2D eigenvalue weighted by Gasteiger charge is 2.46. The van der Waals surface area contributed by atoms with E-state index in [-0.39, 0.29) is 0 Å². The molecule has 4 unspecified atom stereocenters. The molecule has 1 nitrogen and oxygen atoms in total. The number of hydrogen-bond donors (Lipinski definition) is 0. The van der Waals surface area contributed by atoms with Gasteiger partial charge in [0.05, 0.1) is 0 Å². The summed E-state index contributed by atoms with van der Waals surface area (Å²) in [6.45, 7) is 7.51. The normalized spacial score (nSPS) is 34.7. The summed E-state index contributed by atoms with van der Waals surface area (Å²) in [5.41, 5.74) is 10.8. The predicted molar refractivity (Wildman–Crippen MR) is 125 cm³/mol. The standard InChI is InChI=1S/C29H41N/c1-4-21-11-10-20-14-23(21)19(3)28-24(15-20)27(22-8-5-6-9-22)26-18(2)16-29(12-7-13-29)17-25(26)30-28/h10,18-19,21-23H,4-9,11-17H2,1-3H3. The van der Waals surface area contributed by atoms with E-state index < -0.39 is 0 Å². The van der Waals surface area contributed by atoms with Crippen molar-refractivity contribution in [3.63, 3.8) is 0 Å². The molecular formula is C29H41N. The monoisotopic (exact) mass is 403 g/mol. The summed E-state index contributed by atoms with van der Waals surface area (Å²) in [6.07, 6.45) is 20.6. The van der Waals surface area contributed by atoms with Gasteiger partial charge < -0.3 is 0 Å². The maximum Gasteiger partial charge on any atom is 0.0476 e. The molecule has 6 rings (SSSR count). The number of nitrogens with zero attached hydrogens (tertiary/aromatic N) is 1. The fourth-order valence-electron chi connectivity index (χ4n) is 8.57. The van der Waals surface area contributed by atoms with Crippen LogP contribution in [-0.2, 0) is 12.8 Å². The lowest BCUT2D eigenvalue weighted by Crippen LogP contribution is -2.38. The summed E-state index contributed by atoms with van der Waals surface area (Å²) in [4.78, 5) is 5.66. The molecule has 0 aromatic carbocycles. The molecular weight excluding hydrogens is 362 g/mol. The van der Waals surface area contributed by atoms with E-state index in [0.29, 0.717) is 11.3 Å². The molecule has 30 heavy (non-hydrogen) atoms. The molecule has 1 aromatic heterocycles. The molecule has 2 bridgehead atoms. The van der Waals surface area contributed by atoms with Crippen molar-refractivity contribution < 1.29 is 0 Å². The summed E-state index contributed by atoms with van der Waals surface area (Å²) in [5, 5.41) is 0. The molecule has 0 radical (unpaired) electrons. The molecule has 1 heterocycles. The first-order chi connectivity index (χ1) is 14.6. The fourth-order valence-corrected chi connectivity index (χ4v) is 8.57. The number of allylic oxidation sites excluding steroid dienone is 2. The highest BCUT2D eigenvalue weighted by molar-refractivity contribution is 5.50. The van der Waals surface area contributed by atoms with Gasteiger partial charge in [-0.05, 0) is 104 Å². The Morgan fingerprint density at radius 1 is 1.07 bits per heavy atom. The first-order valence-electron chi connectivity index (χ1n) is 13.3. The Morgan fingerprint density at radius 3 is 2.57 bits per heavy atom. The predicted octanol–water partition coefficient (Wildman–Crippen LogP) is 7.98. The Morgan fingerprint density at radius 2 is 1.87 bits per heavy atom. The van der Waals surface area contributed by atoms with Gasteiger partial charge in [0.15, 0.2) is 0 Å². The van der Waals surface area contributed by atoms with Crippen molar-refractivity contribution in [2.45, 2.75) is 122 Å². The zero-order valence-corrected chi connectivity index (χ0v) is 19.6. The lowest BCUT2D eigenvalue weighted by Gasteiger charge is -2.48. The van der Waals surface area contributed by atoms with Gasteiger partial charge in [-0.2, -0.15) is 0 Å². The van der Waals surface area contributed by atoms with Crippen molar-refractivity contribution in [1.82, 2.24) is 4.98 Å². The second-order valence-corrected chi connectivity index (χ2v) is 12.0. The molecule has 0 amide bonds. The van der Waals surface area contributed by atoms with Crippen LogP contribution in [0.2, 0.25) is 0 Å². The number of pyridine rings is 1. The average molecular weight is 404 g/mol. The van der Waals surface area contributed by atoms with Gasteiger partial charge in [-0.15, -0.1) is 0 Å². The Labute approximate surface area is 184 Å². The van der Waals surface area contributed by atoms with Gasteiger partial charge in [0, 0.05) is 17.3 Å². The van der Waals surface area contributed by atoms with Gasteiger partial charge in [-0.25, -0.2) is 0 Å². The second-order valence-electron chi connectivity index (χ2n) is 12.0. The largest absolute Gasteiger partial charge is 0.257 e. The maximum atomic E-state index is 5.66. The quantitative estimate of drug-likeness (QED) is 0.456. The first kappa shape index (κ1) is 19.6. The summed E-state index contributed by atoms with van der Waals surface area (Å²) in [7, 11) is 0. The van der Waals surface area contributed by atoms with Crippen LogP contribution in [0.4, 0.5) is 0 Å². The van der Waals surface area contributed by atoms with Crippen molar-refractivity contribution in [3.05, 3.63) is 39.7 Å². The highest BCUT2D eigenvalue weighted by atomic mass is 14.8. The highest BCUT2D eigenvalue weighted by Crippen LogP contribution is 2.57. The lowest BCUT2D eigenvalue weighted by atomic mass is 9.57. The van der Waals surface area contributed by atoms with Gasteiger partial charge in [0.2, 0.25) is 0 Å². The molecule has 0 N–H and O–H groups in total. The molecule has 0 saturated heterocycles. The fraction of sp³-hybridized carbons (Fsp3) is 0.759. The minimum absolute atomic E-state index is 0.610. The van der Waals surface area contributed by atoms with Crippen molar-refractivity contribution in [3.8, 4) is 0 Å². The number of rotatable bonds is 2. The summed E-state index contributed by atoms with van der Waals surface area (Å²) in [6, 6.07) is 0. The topological polar surface area (TPSA) is 12.9 Å². The van der Waals surface area contributed by atoms with Crippen LogP contribution in [0.15, 0.2) is 11.6 Å². The minimum atomic E-state index is 0.610. The number of fused-ring (bicyclic) bond motifs is 4. The Balaban J connectivity index is 1.54. The van der Waals surface area contributed by atoms with Crippen LogP contribution in [0.25, 0.3) is 0 Å². The molecule has 1 heteroatoms. The molecule has 162 valence electrons. The van der Waals surface area contributed by atoms with Crippen LogP contribution in [-0.4, -0.2) is 4.98 Å². The molecule has 4 atom stereocenters. The zero-order chi connectivity index (χ0) is 20.5. The van der Waals surface area contributed by atoms with Crippen LogP contribution in [0.1, 0.15) is 137 Å². The van der Waals surface area contributed by atoms with Gasteiger partial charge in [0.1, 0.15) is 0 Å². The third-order valence-corrected chi connectivity index (χ3v) is 10.3. The van der Waals surface area contributed by atoms with E-state index in [1.807, 2.05) is 5.56 Å². The molecule has 5 aliphatic rings. The van der Waals surface area contributed by atoms with Crippen LogP contribution in [0.5, 0.6) is 0 Å². The van der Waals surface area contributed by atoms with Gasteiger partial charge in [-0.3, -0.25) is 4.98 Å². The third kappa shape index (κ3) is 2.90. The average Bonchev–Trinajstić information content (AvgIpc) is 3.23. The maximum absolute atomic E-state index is 5.66. The summed E-state index contributed by atoms with van der Waals surface area (Å²) < 4.78 is 0. The lowest BCUT2D eigenvalue weighted by molar-refractivity contribution is 0.0974. The zero-order valence-electron chi connectivity index (χ0n) is 19.6. The van der Waals surface area contributed by atoms with E-state index in [1.54, 1.807) is 28.1 Å². The second kappa shape index (κ2) is 7.21. The van der Waals surface area contributed by atoms with E-state index in [2.05, 4.69) is 26.8 Å². The molecule has 2 saturated carbocycles. The van der Waals surface area contributed by atoms with E-state index in [4.69, 9.17) is 4.98 Å². The Kier molecular flexibility index (Phi) is 4.70. The molecule has 0 aliphatic heterocycles. The van der Waals surface area contributed by atoms with Gasteiger partial charge in [0.25, 0.3) is 0 Å². The van der Waals surface area contributed by atoms with Crippen molar-refractivity contribution in [1.29, 1.82) is 0 Å². The van der Waals surface area contributed by atoms with E-state index in [0.717, 1.165) is 23.7 Å². The Bertz CT molecular complexity index is 867. The third-order valence-electron chi connectivity index (χ3n) is 10.3. The van der Waals surface area contributed by atoms with Crippen LogP contribution < -0.4 is 0 Å². The van der Waals surface area contributed by atoms with Gasteiger partial charge >= 0.3 is 0 Å². The van der Waals surface area contributed by atoms with Crippen molar-refractivity contribution >= 4 is 0 Å². The van der Waals surface area contributed by atoms with Crippen LogP contribution >= 0.6 is 0 Å². The van der Waals surface area contributed by atoms with E-state index in [9.17, 15) is 0 Å². The smallest absolute Gasteiger partial charge is 0.0476 e. The van der Waals surface area contributed by atoms with E-state index in [1.165, 1.54) is 83.5 Å². The Hall–Kier alpha value is -1.11. The van der Waals surface area contributed by atoms with Crippen molar-refractivity contribution in [2.24, 2.45) is 17.3 Å². The van der Waals surface area contributed by atoms with Gasteiger partial charge in [-0.1, -0.05) is 58.1 Å². The SMILES string of the molecule is CCC1CC=C2Cc3c(nc4c(c3C3CCCC3)C(C)CC3(CCC3)C4)C(C)C1C2. The molecule has 1 spiro atoms. The summed E-state index contributed by atoms with van der Waals surface area (Å²) in [5.74, 6) is 3.85. The van der Waals surface area contributed by atoms with Crippen LogP contribution in [0.3, 0.4) is 0 Å². The number of aromatic nitrogens is 1. The summed E-state index contributed by atoms with van der Waals surface area (Å²) >= 11 is 0. The molecule has 2 fully saturated rings. The number of hydrogen-bond acceptors (Lipinski definition) is 1. The molecule has 1 aromatic rings. The van der Waals surface area contributed by atoms with E-state index >= 15 is 0 Å².